The molecule has 4 aromatic rings. The van der Waals surface area contributed by atoms with Gasteiger partial charge in [0.05, 0.1) is 17.3 Å². The fourth-order valence-electron chi connectivity index (χ4n) is 6.90. The molecule has 50 heavy (non-hydrogen) atoms. The molecule has 2 aromatic heterocycles. The molecule has 264 valence electrons. The lowest BCUT2D eigenvalue weighted by Gasteiger charge is -2.31. The van der Waals surface area contributed by atoms with E-state index in [-0.39, 0.29) is 17.1 Å². The molecule has 2 aliphatic rings. The number of nitrogens with one attached hydrogen (secondary N) is 1. The summed E-state index contributed by atoms with van der Waals surface area (Å²) in [5, 5.41) is 12.2. The maximum absolute atomic E-state index is 14.5. The zero-order chi connectivity index (χ0) is 35.6. The second-order valence-electron chi connectivity index (χ2n) is 14.1. The number of halogens is 1. The minimum atomic E-state index is -0.882. The number of ether oxygens (including phenoxy) is 1. The molecule has 0 unspecified atom stereocenters. The Bertz CT molecular complexity index is 2000. The van der Waals surface area contributed by atoms with Gasteiger partial charge in [-0.25, -0.2) is 28.3 Å². The summed E-state index contributed by atoms with van der Waals surface area (Å²) in [6.07, 6.45) is 2.41. The van der Waals surface area contributed by atoms with Gasteiger partial charge in [-0.3, -0.25) is 14.3 Å². The highest BCUT2D eigenvalue weighted by Crippen LogP contribution is 2.29. The maximum Gasteiger partial charge on any atom is 0.407 e. The van der Waals surface area contributed by atoms with Gasteiger partial charge >= 0.3 is 17.9 Å². The number of benzene rings is 2. The quantitative estimate of drug-likeness (QED) is 0.269. The van der Waals surface area contributed by atoms with Gasteiger partial charge in [-0.15, -0.1) is 0 Å². The van der Waals surface area contributed by atoms with E-state index in [1.807, 2.05) is 42.5 Å². The number of hydrogen-bond acceptors (Lipinski definition) is 7. The number of rotatable bonds is 6. The van der Waals surface area contributed by atoms with Crippen LogP contribution in [0, 0.1) is 5.82 Å². The second-order valence-corrected chi connectivity index (χ2v) is 14.1. The van der Waals surface area contributed by atoms with E-state index >= 15 is 0 Å². The van der Waals surface area contributed by atoms with Gasteiger partial charge in [-0.05, 0) is 87.8 Å². The molecule has 0 spiro atoms. The number of aromatic nitrogens is 3. The molecular weight excluding hydrogens is 643 g/mol. The minimum absolute atomic E-state index is 0.00773. The molecule has 1 aliphatic carbocycles. The maximum atomic E-state index is 14.5. The summed E-state index contributed by atoms with van der Waals surface area (Å²) in [4.78, 5) is 59.6. The Morgan fingerprint density at radius 3 is 2.40 bits per heavy atom. The van der Waals surface area contributed by atoms with Gasteiger partial charge in [0.15, 0.2) is 5.65 Å². The van der Waals surface area contributed by atoms with Crippen molar-refractivity contribution >= 4 is 23.2 Å². The highest BCUT2D eigenvalue weighted by Gasteiger charge is 2.29. The summed E-state index contributed by atoms with van der Waals surface area (Å²) < 4.78 is 22.4. The van der Waals surface area contributed by atoms with Crippen molar-refractivity contribution in [3.05, 3.63) is 93.0 Å². The monoisotopic (exact) mass is 686 g/mol. The standard InChI is InChI=1S/C37H43FN6O6/c1-37(2,3)50-34(46)40-28-12-14-29(15-13-28)44-33(45)31-21-27(38)22-39-32(31)43(35(44)47)30-7-4-6-26(20-30)25-10-8-24(9-11-25)23-41-16-5-17-42(19-18-41)36(48)49/h4,6-11,20-22,28-29H,5,12-19,23H2,1-3H3,(H,40,46)(H,48,49). The Hall–Kier alpha value is -5.04. The van der Waals surface area contributed by atoms with Gasteiger partial charge in [0.25, 0.3) is 5.56 Å². The molecule has 1 saturated carbocycles. The first-order valence-corrected chi connectivity index (χ1v) is 17.1. The third kappa shape index (κ3) is 7.88. The molecular formula is C37H43FN6O6. The molecule has 2 N–H and O–H groups in total. The number of nitrogens with zero attached hydrogens (tertiary/aromatic N) is 5. The van der Waals surface area contributed by atoms with Crippen molar-refractivity contribution < 1.29 is 23.8 Å². The predicted molar refractivity (Wildman–Crippen MR) is 187 cm³/mol. The Labute approximate surface area is 289 Å². The number of pyridine rings is 1. The van der Waals surface area contributed by atoms with Gasteiger partial charge in [0.2, 0.25) is 0 Å². The summed E-state index contributed by atoms with van der Waals surface area (Å²) in [5.41, 5.74) is 1.65. The Morgan fingerprint density at radius 1 is 0.960 bits per heavy atom. The highest BCUT2D eigenvalue weighted by molar-refractivity contribution is 5.76. The van der Waals surface area contributed by atoms with Crippen LogP contribution in [-0.2, 0) is 11.3 Å². The largest absolute Gasteiger partial charge is 0.465 e. The number of hydrogen-bond donors (Lipinski definition) is 2. The van der Waals surface area contributed by atoms with Crippen LogP contribution in [0.5, 0.6) is 0 Å². The number of fused-ring (bicyclic) bond motifs is 1. The second kappa shape index (κ2) is 14.4. The van der Waals surface area contributed by atoms with Crippen LogP contribution in [0.4, 0.5) is 14.0 Å². The number of alkyl carbamates (subject to hydrolysis) is 1. The van der Waals surface area contributed by atoms with Gasteiger partial charge in [-0.1, -0.05) is 36.4 Å². The first-order chi connectivity index (χ1) is 23.9. The van der Waals surface area contributed by atoms with Crippen LogP contribution >= 0.6 is 0 Å². The van der Waals surface area contributed by atoms with Crippen LogP contribution in [0.2, 0.25) is 0 Å². The van der Waals surface area contributed by atoms with Crippen LogP contribution < -0.4 is 16.6 Å². The predicted octanol–water partition coefficient (Wildman–Crippen LogP) is 5.55. The Morgan fingerprint density at radius 2 is 1.70 bits per heavy atom. The zero-order valence-electron chi connectivity index (χ0n) is 28.6. The van der Waals surface area contributed by atoms with Crippen molar-refractivity contribution in [2.24, 2.45) is 0 Å². The number of carbonyl (C=O) groups excluding carboxylic acids is 1. The first kappa shape index (κ1) is 34.8. The minimum Gasteiger partial charge on any atom is -0.465 e. The van der Waals surface area contributed by atoms with Crippen molar-refractivity contribution in [1.82, 2.24) is 29.2 Å². The third-order valence-electron chi connectivity index (χ3n) is 9.33. The van der Waals surface area contributed by atoms with E-state index < -0.39 is 40.9 Å². The van der Waals surface area contributed by atoms with Gasteiger partial charge in [-0.2, -0.15) is 0 Å². The first-order valence-electron chi connectivity index (χ1n) is 17.1. The smallest absolute Gasteiger partial charge is 0.407 e. The highest BCUT2D eigenvalue weighted by atomic mass is 19.1. The fraction of sp³-hybridized carbons (Fsp3) is 0.432. The van der Waals surface area contributed by atoms with Crippen LogP contribution in [0.25, 0.3) is 27.8 Å². The van der Waals surface area contributed by atoms with E-state index in [9.17, 15) is 28.7 Å². The molecule has 6 rings (SSSR count). The fourth-order valence-corrected chi connectivity index (χ4v) is 6.90. The summed E-state index contributed by atoms with van der Waals surface area (Å²) in [6.45, 7) is 8.60. The van der Waals surface area contributed by atoms with Crippen LogP contribution in [0.15, 0.2) is 70.4 Å². The average Bonchev–Trinajstić information content (AvgIpc) is 3.31. The third-order valence-corrected chi connectivity index (χ3v) is 9.33. The molecule has 13 heteroatoms. The van der Waals surface area contributed by atoms with E-state index in [2.05, 4.69) is 15.2 Å². The molecule has 0 atom stereocenters. The number of carboxylic acid groups (broad SMARTS) is 1. The van der Waals surface area contributed by atoms with Gasteiger partial charge in [0, 0.05) is 44.8 Å². The van der Waals surface area contributed by atoms with E-state index in [1.54, 1.807) is 26.8 Å². The summed E-state index contributed by atoms with van der Waals surface area (Å²) in [5.74, 6) is -0.676. The average molecular weight is 687 g/mol. The van der Waals surface area contributed by atoms with Gasteiger partial charge < -0.3 is 20.1 Å². The van der Waals surface area contributed by atoms with Crippen LogP contribution in [0.3, 0.4) is 0 Å². The van der Waals surface area contributed by atoms with E-state index in [4.69, 9.17) is 4.74 Å². The van der Waals surface area contributed by atoms with Crippen molar-refractivity contribution in [1.29, 1.82) is 0 Å². The SMILES string of the molecule is CC(C)(C)OC(=O)NC1CCC(n2c(=O)c3cc(F)cnc3n(-c3cccc(-c4ccc(CN5CCCN(C(=O)O)CC5)cc4)c3)c2=O)CC1. The number of amides is 2. The van der Waals surface area contributed by atoms with Crippen LogP contribution in [-0.4, -0.2) is 79.0 Å². The number of carbonyl (C=O) groups is 2. The molecule has 0 bridgehead atoms. The zero-order valence-corrected chi connectivity index (χ0v) is 28.6. The molecule has 0 radical (unpaired) electrons. The van der Waals surface area contributed by atoms with E-state index in [0.29, 0.717) is 57.5 Å². The van der Waals surface area contributed by atoms with Crippen molar-refractivity contribution in [2.45, 2.75) is 77.1 Å². The van der Waals surface area contributed by atoms with Crippen molar-refractivity contribution in [3.63, 3.8) is 0 Å². The Balaban J connectivity index is 1.26. The molecule has 2 fully saturated rings. The molecule has 2 amide bonds. The molecule has 1 saturated heterocycles. The van der Waals surface area contributed by atoms with E-state index in [0.717, 1.165) is 41.9 Å². The van der Waals surface area contributed by atoms with Crippen molar-refractivity contribution in [3.8, 4) is 16.8 Å². The summed E-state index contributed by atoms with van der Waals surface area (Å²) in [7, 11) is 0. The molecule has 12 nitrogen and oxygen atoms in total. The summed E-state index contributed by atoms with van der Waals surface area (Å²) in [6, 6.07) is 16.0. The topological polar surface area (TPSA) is 139 Å². The van der Waals surface area contributed by atoms with Crippen molar-refractivity contribution in [2.75, 3.05) is 26.2 Å². The normalized spacial score (nSPS) is 18.8. The van der Waals surface area contributed by atoms with Crippen LogP contribution in [0.1, 0.15) is 64.5 Å². The lowest BCUT2D eigenvalue weighted by molar-refractivity contribution is 0.0487. The molecule has 2 aromatic carbocycles. The van der Waals surface area contributed by atoms with Gasteiger partial charge in [0.1, 0.15) is 11.4 Å². The van der Waals surface area contributed by atoms with E-state index in [1.165, 1.54) is 14.0 Å². The summed E-state index contributed by atoms with van der Waals surface area (Å²) >= 11 is 0. The lowest BCUT2D eigenvalue weighted by atomic mass is 9.91. The lowest BCUT2D eigenvalue weighted by Crippen LogP contribution is -2.45. The Kier molecular flexibility index (Phi) is 10.1. The molecule has 3 heterocycles. The molecule has 1 aliphatic heterocycles.